The lowest BCUT2D eigenvalue weighted by Gasteiger charge is -2.35. The maximum absolute atomic E-state index is 12.3. The number of hydrogen-bond donors (Lipinski definition) is 0. The van der Waals surface area contributed by atoms with Gasteiger partial charge in [-0.25, -0.2) is 0 Å². The van der Waals surface area contributed by atoms with Crippen molar-refractivity contribution < 1.29 is 4.79 Å². The molecule has 1 aromatic rings. The van der Waals surface area contributed by atoms with Gasteiger partial charge in [0.1, 0.15) is 0 Å². The number of hydrogen-bond acceptors (Lipinski definition) is 1. The second kappa shape index (κ2) is 6.37. The average molecular weight is 310 g/mol. The molecule has 1 atom stereocenters. The number of rotatable bonds is 3. The fourth-order valence-corrected chi connectivity index (χ4v) is 2.90. The second-order valence-corrected chi connectivity index (χ2v) is 5.86. The Morgan fingerprint density at radius 1 is 1.33 bits per heavy atom. The van der Waals surface area contributed by atoms with Gasteiger partial charge in [-0.15, -0.1) is 0 Å². The molecule has 1 saturated heterocycles. The molecule has 18 heavy (non-hydrogen) atoms. The Bertz CT molecular complexity index is 401. The van der Waals surface area contributed by atoms with Gasteiger partial charge in [-0.05, 0) is 43.4 Å². The van der Waals surface area contributed by atoms with Crippen LogP contribution in [0.4, 0.5) is 0 Å². The van der Waals surface area contributed by atoms with Gasteiger partial charge >= 0.3 is 0 Å². The summed E-state index contributed by atoms with van der Waals surface area (Å²) in [6, 6.07) is 8.49. The van der Waals surface area contributed by atoms with Crippen molar-refractivity contribution in [3.63, 3.8) is 0 Å². The standard InChI is InChI=1S/C15H20BrNO/c1-2-14-5-3-4-10-17(14)15(18)11-12-6-8-13(16)9-7-12/h6-9,14H,2-5,10-11H2,1H3/t14-/m1/s1. The molecule has 0 radical (unpaired) electrons. The van der Waals surface area contributed by atoms with E-state index in [0.717, 1.165) is 29.4 Å². The first kappa shape index (κ1) is 13.6. The minimum Gasteiger partial charge on any atom is -0.339 e. The van der Waals surface area contributed by atoms with E-state index in [1.165, 1.54) is 12.8 Å². The predicted octanol–water partition coefficient (Wildman–Crippen LogP) is 3.78. The minimum absolute atomic E-state index is 0.281. The third kappa shape index (κ3) is 3.35. The summed E-state index contributed by atoms with van der Waals surface area (Å²) in [6.07, 6.45) is 5.20. The molecular weight excluding hydrogens is 290 g/mol. The van der Waals surface area contributed by atoms with Crippen LogP contribution in [0.25, 0.3) is 0 Å². The smallest absolute Gasteiger partial charge is 0.227 e. The molecule has 0 aromatic heterocycles. The van der Waals surface area contributed by atoms with Gasteiger partial charge in [-0.3, -0.25) is 4.79 Å². The lowest BCUT2D eigenvalue weighted by molar-refractivity contribution is -0.134. The number of carbonyl (C=O) groups excluding carboxylic acids is 1. The Morgan fingerprint density at radius 2 is 2.06 bits per heavy atom. The maximum atomic E-state index is 12.3. The van der Waals surface area contributed by atoms with Gasteiger partial charge < -0.3 is 4.90 Å². The van der Waals surface area contributed by atoms with E-state index in [2.05, 4.69) is 27.8 Å². The van der Waals surface area contributed by atoms with E-state index in [9.17, 15) is 4.79 Å². The zero-order chi connectivity index (χ0) is 13.0. The van der Waals surface area contributed by atoms with Crippen LogP contribution in [0.1, 0.15) is 38.2 Å². The fraction of sp³-hybridized carbons (Fsp3) is 0.533. The van der Waals surface area contributed by atoms with Crippen LogP contribution in [0.15, 0.2) is 28.7 Å². The SMILES string of the molecule is CC[C@@H]1CCCCN1C(=O)Cc1ccc(Br)cc1. The normalized spacial score (nSPS) is 19.9. The summed E-state index contributed by atoms with van der Waals surface area (Å²) in [5.74, 6) is 0.281. The van der Waals surface area contributed by atoms with Crippen molar-refractivity contribution in [2.75, 3.05) is 6.54 Å². The molecule has 1 heterocycles. The third-order valence-corrected chi connectivity index (χ3v) is 4.22. The Kier molecular flexibility index (Phi) is 4.81. The molecule has 1 amide bonds. The van der Waals surface area contributed by atoms with E-state index in [4.69, 9.17) is 0 Å². The molecule has 2 rings (SSSR count). The predicted molar refractivity (Wildman–Crippen MR) is 77.5 cm³/mol. The number of amides is 1. The van der Waals surface area contributed by atoms with Crippen LogP contribution in [-0.4, -0.2) is 23.4 Å². The van der Waals surface area contributed by atoms with Crippen molar-refractivity contribution >= 4 is 21.8 Å². The zero-order valence-corrected chi connectivity index (χ0v) is 12.4. The number of carbonyl (C=O) groups is 1. The van der Waals surface area contributed by atoms with Gasteiger partial charge in [-0.1, -0.05) is 35.0 Å². The van der Waals surface area contributed by atoms with Crippen LogP contribution in [0.2, 0.25) is 0 Å². The van der Waals surface area contributed by atoms with Gasteiger partial charge in [0.05, 0.1) is 6.42 Å². The summed E-state index contributed by atoms with van der Waals surface area (Å²) in [4.78, 5) is 14.4. The Morgan fingerprint density at radius 3 is 2.72 bits per heavy atom. The highest BCUT2D eigenvalue weighted by atomic mass is 79.9. The summed E-state index contributed by atoms with van der Waals surface area (Å²) in [6.45, 7) is 3.11. The summed E-state index contributed by atoms with van der Waals surface area (Å²) in [5, 5.41) is 0. The first-order chi connectivity index (χ1) is 8.70. The Labute approximate surface area is 117 Å². The summed E-state index contributed by atoms with van der Waals surface area (Å²) < 4.78 is 1.06. The van der Waals surface area contributed by atoms with Gasteiger partial charge in [0.2, 0.25) is 5.91 Å². The van der Waals surface area contributed by atoms with Crippen LogP contribution < -0.4 is 0 Å². The van der Waals surface area contributed by atoms with Gasteiger partial charge in [-0.2, -0.15) is 0 Å². The van der Waals surface area contributed by atoms with E-state index < -0.39 is 0 Å². The molecule has 0 spiro atoms. The molecule has 0 bridgehead atoms. The molecule has 0 aliphatic carbocycles. The highest BCUT2D eigenvalue weighted by molar-refractivity contribution is 9.10. The Hall–Kier alpha value is -0.830. The van der Waals surface area contributed by atoms with E-state index >= 15 is 0 Å². The Balaban J connectivity index is 2.00. The van der Waals surface area contributed by atoms with E-state index in [1.54, 1.807) is 0 Å². The number of benzene rings is 1. The summed E-state index contributed by atoms with van der Waals surface area (Å²) >= 11 is 3.41. The fourth-order valence-electron chi connectivity index (χ4n) is 2.63. The van der Waals surface area contributed by atoms with E-state index in [1.807, 2.05) is 24.3 Å². The zero-order valence-electron chi connectivity index (χ0n) is 10.9. The molecule has 0 unspecified atom stereocenters. The average Bonchev–Trinajstić information content (AvgIpc) is 2.41. The van der Waals surface area contributed by atoms with Crippen molar-refractivity contribution in [2.24, 2.45) is 0 Å². The van der Waals surface area contributed by atoms with Crippen LogP contribution in [-0.2, 0) is 11.2 Å². The summed E-state index contributed by atoms with van der Waals surface area (Å²) in [7, 11) is 0. The molecular formula is C15H20BrNO. The topological polar surface area (TPSA) is 20.3 Å². The summed E-state index contributed by atoms with van der Waals surface area (Å²) in [5.41, 5.74) is 1.10. The van der Waals surface area contributed by atoms with E-state index in [0.29, 0.717) is 12.5 Å². The number of piperidine rings is 1. The molecule has 1 aromatic carbocycles. The van der Waals surface area contributed by atoms with Gasteiger partial charge in [0.15, 0.2) is 0 Å². The minimum atomic E-state index is 0.281. The van der Waals surface area contributed by atoms with E-state index in [-0.39, 0.29) is 5.91 Å². The maximum Gasteiger partial charge on any atom is 0.227 e. The van der Waals surface area contributed by atoms with Crippen LogP contribution in [0.3, 0.4) is 0 Å². The number of halogens is 1. The van der Waals surface area contributed by atoms with Crippen molar-refractivity contribution in [1.29, 1.82) is 0 Å². The number of nitrogens with zero attached hydrogens (tertiary/aromatic N) is 1. The highest BCUT2D eigenvalue weighted by Gasteiger charge is 2.24. The van der Waals surface area contributed by atoms with Gasteiger partial charge in [0, 0.05) is 17.1 Å². The molecule has 1 aliphatic rings. The first-order valence-electron chi connectivity index (χ1n) is 6.74. The van der Waals surface area contributed by atoms with Gasteiger partial charge in [0.25, 0.3) is 0 Å². The number of likely N-dealkylation sites (tertiary alicyclic amines) is 1. The largest absolute Gasteiger partial charge is 0.339 e. The molecule has 1 aliphatic heterocycles. The first-order valence-corrected chi connectivity index (χ1v) is 7.54. The van der Waals surface area contributed by atoms with Crippen LogP contribution in [0, 0.1) is 0 Å². The van der Waals surface area contributed by atoms with Crippen molar-refractivity contribution in [2.45, 2.75) is 45.1 Å². The van der Waals surface area contributed by atoms with Crippen LogP contribution >= 0.6 is 15.9 Å². The molecule has 0 N–H and O–H groups in total. The van der Waals surface area contributed by atoms with Crippen molar-refractivity contribution in [1.82, 2.24) is 4.90 Å². The molecule has 1 fully saturated rings. The quantitative estimate of drug-likeness (QED) is 0.832. The van der Waals surface area contributed by atoms with Crippen LogP contribution in [0.5, 0.6) is 0 Å². The molecule has 2 nitrogen and oxygen atoms in total. The lowest BCUT2D eigenvalue weighted by Crippen LogP contribution is -2.44. The second-order valence-electron chi connectivity index (χ2n) is 4.95. The molecule has 0 saturated carbocycles. The molecule has 98 valence electrons. The van der Waals surface area contributed by atoms with Crippen molar-refractivity contribution in [3.05, 3.63) is 34.3 Å². The highest BCUT2D eigenvalue weighted by Crippen LogP contribution is 2.21. The third-order valence-electron chi connectivity index (χ3n) is 3.69. The van der Waals surface area contributed by atoms with Crippen molar-refractivity contribution in [3.8, 4) is 0 Å². The molecule has 3 heteroatoms. The monoisotopic (exact) mass is 309 g/mol. The lowest BCUT2D eigenvalue weighted by atomic mass is 9.99.